The average molecular weight is 315 g/mol. The van der Waals surface area contributed by atoms with Crippen LogP contribution in [0.1, 0.15) is 33.6 Å². The van der Waals surface area contributed by atoms with Crippen molar-refractivity contribution in [3.63, 3.8) is 0 Å². The zero-order chi connectivity index (χ0) is 15.4. The van der Waals surface area contributed by atoms with Gasteiger partial charge in [-0.25, -0.2) is 0 Å². The van der Waals surface area contributed by atoms with Crippen LogP contribution >= 0.6 is 11.6 Å². The predicted molar refractivity (Wildman–Crippen MR) is 81.8 cm³/mol. The van der Waals surface area contributed by atoms with E-state index in [4.69, 9.17) is 26.6 Å². The van der Waals surface area contributed by atoms with Gasteiger partial charge in [0.15, 0.2) is 0 Å². The highest BCUT2D eigenvalue weighted by Gasteiger charge is 2.68. The fourth-order valence-corrected chi connectivity index (χ4v) is 4.63. The molecule has 0 radical (unpaired) electrons. The molecular weight excluding hydrogens is 290 g/mol. The molecular formula is C14H24BClN2O3. The molecule has 4 rings (SSSR count). The van der Waals surface area contributed by atoms with E-state index in [1.54, 1.807) is 0 Å². The van der Waals surface area contributed by atoms with E-state index in [9.17, 15) is 4.79 Å². The Balaban J connectivity index is 1.73. The van der Waals surface area contributed by atoms with Crippen LogP contribution in [-0.2, 0) is 14.1 Å². The lowest BCUT2D eigenvalue weighted by Crippen LogP contribution is -2.65. The minimum atomic E-state index is -0.479. The Morgan fingerprint density at radius 2 is 2.19 bits per heavy atom. The van der Waals surface area contributed by atoms with Crippen LogP contribution in [0.2, 0.25) is 0 Å². The van der Waals surface area contributed by atoms with Crippen LogP contribution in [0.5, 0.6) is 0 Å². The van der Waals surface area contributed by atoms with Gasteiger partial charge in [-0.3, -0.25) is 4.79 Å². The lowest BCUT2D eigenvalue weighted by Gasteiger charge is -2.64. The van der Waals surface area contributed by atoms with Crippen molar-refractivity contribution in [3.05, 3.63) is 0 Å². The second kappa shape index (κ2) is 5.12. The van der Waals surface area contributed by atoms with Crippen molar-refractivity contribution in [2.45, 2.75) is 51.3 Å². The molecule has 5 unspecified atom stereocenters. The van der Waals surface area contributed by atoms with E-state index in [-0.39, 0.29) is 36.0 Å². The van der Waals surface area contributed by atoms with Gasteiger partial charge in [-0.1, -0.05) is 13.8 Å². The molecule has 3 saturated carbocycles. The lowest BCUT2D eigenvalue weighted by molar-refractivity contribution is -0.199. The molecule has 118 valence electrons. The van der Waals surface area contributed by atoms with E-state index in [0.29, 0.717) is 17.3 Å². The summed E-state index contributed by atoms with van der Waals surface area (Å²) in [5.74, 6) is 0.530. The van der Waals surface area contributed by atoms with Crippen LogP contribution < -0.4 is 11.1 Å². The van der Waals surface area contributed by atoms with Gasteiger partial charge in [0, 0.05) is 6.54 Å². The van der Waals surface area contributed by atoms with Gasteiger partial charge in [-0.2, -0.15) is 0 Å². The van der Waals surface area contributed by atoms with Gasteiger partial charge >= 0.3 is 7.12 Å². The summed E-state index contributed by atoms with van der Waals surface area (Å²) < 4.78 is 12.4. The summed E-state index contributed by atoms with van der Waals surface area (Å²) in [6.07, 6.45) is 2.33. The fraction of sp³-hybridized carbons (Fsp3) is 0.929. The first-order valence-corrected chi connectivity index (χ1v) is 8.25. The maximum atomic E-state index is 11.5. The first kappa shape index (κ1) is 15.6. The van der Waals surface area contributed by atoms with Crippen LogP contribution in [0.4, 0.5) is 0 Å². The highest BCUT2D eigenvalue weighted by molar-refractivity contribution is 6.48. The third-order valence-corrected chi connectivity index (χ3v) is 6.26. The number of rotatable bonds is 4. The maximum Gasteiger partial charge on any atom is 0.483 e. The molecule has 1 heterocycles. The molecule has 7 heteroatoms. The van der Waals surface area contributed by atoms with E-state index >= 15 is 0 Å². The van der Waals surface area contributed by atoms with Gasteiger partial charge in [-0.05, 0) is 37.0 Å². The SMILES string of the molecule is CC1(C)C2CC3OB(C(CN)NC(=O)CCl)OC3(C)C1C2. The first-order chi connectivity index (χ1) is 9.82. The summed E-state index contributed by atoms with van der Waals surface area (Å²) in [6, 6.07) is 0. The third kappa shape index (κ3) is 2.22. The Labute approximate surface area is 131 Å². The number of amides is 1. The zero-order valence-electron chi connectivity index (χ0n) is 12.9. The van der Waals surface area contributed by atoms with Gasteiger partial charge in [0.25, 0.3) is 0 Å². The summed E-state index contributed by atoms with van der Waals surface area (Å²) >= 11 is 5.54. The second-order valence-electron chi connectivity index (χ2n) is 7.38. The molecule has 0 spiro atoms. The molecule has 0 aromatic carbocycles. The summed E-state index contributed by atoms with van der Waals surface area (Å²) in [7, 11) is -0.479. The number of hydrogen-bond acceptors (Lipinski definition) is 4. The Morgan fingerprint density at radius 1 is 1.48 bits per heavy atom. The van der Waals surface area contributed by atoms with E-state index < -0.39 is 7.12 Å². The van der Waals surface area contributed by atoms with Gasteiger partial charge in [0.2, 0.25) is 5.91 Å². The number of nitrogens with one attached hydrogen (secondary N) is 1. The van der Waals surface area contributed by atoms with Crippen LogP contribution in [0.3, 0.4) is 0 Å². The van der Waals surface area contributed by atoms with Gasteiger partial charge < -0.3 is 20.4 Å². The van der Waals surface area contributed by atoms with Gasteiger partial charge in [0.1, 0.15) is 5.88 Å². The van der Waals surface area contributed by atoms with Crippen molar-refractivity contribution < 1.29 is 14.1 Å². The van der Waals surface area contributed by atoms with E-state index in [2.05, 4.69) is 26.1 Å². The standard InChI is InChI=1S/C14H24BClN2O3/c1-13(2)8-4-9(13)14(3)10(5-8)20-15(21-14)11(7-17)18-12(19)6-16/h8-11H,4-7,17H2,1-3H3,(H,18,19). The van der Waals surface area contributed by atoms with E-state index in [1.807, 2.05) is 0 Å². The molecule has 0 aromatic heterocycles. The zero-order valence-corrected chi connectivity index (χ0v) is 13.7. The fourth-order valence-electron chi connectivity index (χ4n) is 4.55. The third-order valence-electron chi connectivity index (χ3n) is 6.02. The Morgan fingerprint density at radius 3 is 2.76 bits per heavy atom. The Bertz CT molecular complexity index is 450. The first-order valence-electron chi connectivity index (χ1n) is 7.71. The summed E-state index contributed by atoms with van der Waals surface area (Å²) in [5, 5.41) is 2.79. The molecule has 4 fully saturated rings. The Hall–Kier alpha value is -0.295. The molecule has 2 bridgehead atoms. The van der Waals surface area contributed by atoms with E-state index in [1.165, 1.54) is 6.42 Å². The molecule has 1 aliphatic heterocycles. The van der Waals surface area contributed by atoms with Crippen molar-refractivity contribution >= 4 is 24.6 Å². The molecule has 1 amide bonds. The van der Waals surface area contributed by atoms with E-state index in [0.717, 1.165) is 6.42 Å². The molecule has 4 aliphatic rings. The lowest BCUT2D eigenvalue weighted by atomic mass is 9.43. The molecule has 0 aromatic rings. The minimum absolute atomic E-state index is 0.0817. The molecule has 5 nitrogen and oxygen atoms in total. The largest absolute Gasteiger partial charge is 0.483 e. The minimum Gasteiger partial charge on any atom is -0.404 e. The highest BCUT2D eigenvalue weighted by Crippen LogP contribution is 2.65. The number of alkyl halides is 1. The molecule has 21 heavy (non-hydrogen) atoms. The average Bonchev–Trinajstić information content (AvgIpc) is 2.80. The van der Waals surface area contributed by atoms with Crippen molar-refractivity contribution in [2.75, 3.05) is 12.4 Å². The number of nitrogens with two attached hydrogens (primary N) is 1. The topological polar surface area (TPSA) is 73.6 Å². The molecule has 3 aliphatic carbocycles. The van der Waals surface area contributed by atoms with Crippen molar-refractivity contribution in [1.29, 1.82) is 0 Å². The quantitative estimate of drug-likeness (QED) is 0.598. The maximum absolute atomic E-state index is 11.5. The van der Waals surface area contributed by atoms with Crippen molar-refractivity contribution in [3.8, 4) is 0 Å². The van der Waals surface area contributed by atoms with Crippen LogP contribution in [-0.4, -0.2) is 43.1 Å². The Kier molecular flexibility index (Phi) is 3.80. The van der Waals surface area contributed by atoms with Crippen LogP contribution in [0.15, 0.2) is 0 Å². The number of carbonyl (C=O) groups excluding carboxylic acids is 1. The number of hydrogen-bond donors (Lipinski definition) is 2. The highest BCUT2D eigenvalue weighted by atomic mass is 35.5. The monoisotopic (exact) mass is 314 g/mol. The summed E-state index contributed by atoms with van der Waals surface area (Å²) in [5.41, 5.74) is 5.80. The summed E-state index contributed by atoms with van der Waals surface area (Å²) in [6.45, 7) is 7.06. The van der Waals surface area contributed by atoms with Crippen molar-refractivity contribution in [1.82, 2.24) is 5.32 Å². The van der Waals surface area contributed by atoms with Gasteiger partial charge in [-0.15, -0.1) is 11.6 Å². The normalized spacial score (nSPS) is 41.2. The smallest absolute Gasteiger partial charge is 0.404 e. The second-order valence-corrected chi connectivity index (χ2v) is 7.65. The summed E-state index contributed by atoms with van der Waals surface area (Å²) in [4.78, 5) is 11.5. The van der Waals surface area contributed by atoms with Crippen LogP contribution in [0, 0.1) is 17.3 Å². The van der Waals surface area contributed by atoms with Crippen LogP contribution in [0.25, 0.3) is 0 Å². The predicted octanol–water partition coefficient (Wildman–Crippen LogP) is 0.936. The number of carbonyl (C=O) groups is 1. The molecule has 3 N–H and O–H groups in total. The molecule has 5 atom stereocenters. The van der Waals surface area contributed by atoms with Crippen molar-refractivity contribution in [2.24, 2.45) is 23.0 Å². The van der Waals surface area contributed by atoms with Gasteiger partial charge in [0.05, 0.1) is 17.6 Å². The number of halogens is 1. The molecule has 1 saturated heterocycles.